The molecule has 0 aromatic rings. The summed E-state index contributed by atoms with van der Waals surface area (Å²) in [6.45, 7) is 0.464. The Kier molecular flexibility index (Phi) is 6.26. The van der Waals surface area contributed by atoms with Gasteiger partial charge in [-0.15, -0.1) is 0 Å². The summed E-state index contributed by atoms with van der Waals surface area (Å²) in [7, 11) is -3.62. The molecule has 0 saturated heterocycles. The van der Waals surface area contributed by atoms with Crippen LogP contribution in [0.3, 0.4) is 0 Å². The van der Waals surface area contributed by atoms with E-state index < -0.39 is 16.2 Å². The van der Waals surface area contributed by atoms with Crippen LogP contribution in [-0.2, 0) is 23.9 Å². The van der Waals surface area contributed by atoms with Crippen LogP contribution in [0.4, 0.5) is 0 Å². The summed E-state index contributed by atoms with van der Waals surface area (Å²) in [6.07, 6.45) is 1.27. The van der Waals surface area contributed by atoms with Crippen molar-refractivity contribution in [3.63, 3.8) is 0 Å². The van der Waals surface area contributed by atoms with Crippen LogP contribution in [0.25, 0.3) is 0 Å². The van der Waals surface area contributed by atoms with Gasteiger partial charge in [-0.3, -0.25) is 4.18 Å². The van der Waals surface area contributed by atoms with E-state index in [1.54, 1.807) is 0 Å². The molecule has 6 nitrogen and oxygen atoms in total. The minimum Gasteiger partial charge on any atom is -0.313 e. The van der Waals surface area contributed by atoms with Gasteiger partial charge in [0.1, 0.15) is 12.4 Å². The molecule has 0 rings (SSSR count). The maximum Gasteiger partial charge on any atom is 0.265 e. The summed E-state index contributed by atoms with van der Waals surface area (Å²) in [4.78, 5) is 20.3. The highest BCUT2D eigenvalue weighted by atomic mass is 32.2. The average Bonchev–Trinajstić information content (AvgIpc) is 2.08. The van der Waals surface area contributed by atoms with Crippen molar-refractivity contribution in [1.29, 1.82) is 0 Å². The normalized spacial score (nSPS) is 13.5. The monoisotopic (exact) mass is 223 g/mol. The number of rotatable bonds is 8. The van der Waals surface area contributed by atoms with E-state index in [0.29, 0.717) is 19.3 Å². The van der Waals surface area contributed by atoms with Crippen LogP contribution in [0.15, 0.2) is 0 Å². The molecule has 0 aliphatic carbocycles. The zero-order valence-corrected chi connectivity index (χ0v) is 8.62. The predicted molar refractivity (Wildman–Crippen MR) is 49.3 cm³/mol. The number of hydrogen-bond donors (Lipinski definition) is 1. The van der Waals surface area contributed by atoms with E-state index >= 15 is 0 Å². The second-order valence-electron chi connectivity index (χ2n) is 2.63. The first-order chi connectivity index (χ1) is 6.49. The number of carbonyl (C=O) groups excluding carboxylic acids is 2. The summed E-state index contributed by atoms with van der Waals surface area (Å²) >= 11 is 0. The Morgan fingerprint density at radius 2 is 2.07 bits per heavy atom. The molecule has 1 unspecified atom stereocenters. The zero-order chi connectivity index (χ0) is 11.0. The van der Waals surface area contributed by atoms with Crippen molar-refractivity contribution in [3.8, 4) is 0 Å². The van der Waals surface area contributed by atoms with E-state index in [1.165, 1.54) is 0 Å². The van der Waals surface area contributed by atoms with Gasteiger partial charge in [0.15, 0.2) is 6.29 Å². The molecule has 0 radical (unpaired) electrons. The Morgan fingerprint density at radius 1 is 1.43 bits per heavy atom. The average molecular weight is 223 g/mol. The summed E-state index contributed by atoms with van der Waals surface area (Å²) in [6, 6.07) is 0. The number of hydrogen-bond acceptors (Lipinski definition) is 6. The van der Waals surface area contributed by atoms with Crippen molar-refractivity contribution in [2.75, 3.05) is 19.3 Å². The molecule has 0 heterocycles. The molecule has 14 heavy (non-hydrogen) atoms. The SMILES string of the molecule is CS(=O)(=O)OC(C=O)CNCCC=O. The fraction of sp³-hybridized carbons (Fsp3) is 0.714. The molecule has 0 bridgehead atoms. The lowest BCUT2D eigenvalue weighted by molar-refractivity contribution is -0.113. The fourth-order valence-electron chi connectivity index (χ4n) is 0.735. The first-order valence-electron chi connectivity index (χ1n) is 3.97. The topological polar surface area (TPSA) is 89.5 Å². The third kappa shape index (κ3) is 7.84. The molecule has 0 fully saturated rings. The lowest BCUT2D eigenvalue weighted by Crippen LogP contribution is -2.32. The number of nitrogens with one attached hydrogen (secondary N) is 1. The molecule has 0 aliphatic heterocycles. The first kappa shape index (κ1) is 13.2. The third-order valence-electron chi connectivity index (χ3n) is 1.23. The van der Waals surface area contributed by atoms with Gasteiger partial charge in [-0.2, -0.15) is 8.42 Å². The zero-order valence-electron chi connectivity index (χ0n) is 7.80. The van der Waals surface area contributed by atoms with Crippen molar-refractivity contribution in [3.05, 3.63) is 0 Å². The summed E-state index contributed by atoms with van der Waals surface area (Å²) < 4.78 is 25.7. The van der Waals surface area contributed by atoms with E-state index in [0.717, 1.165) is 12.5 Å². The highest BCUT2D eigenvalue weighted by Gasteiger charge is 2.13. The molecule has 0 aliphatic rings. The van der Waals surface area contributed by atoms with Crippen molar-refractivity contribution < 1.29 is 22.2 Å². The molecule has 0 saturated carbocycles. The van der Waals surface area contributed by atoms with Crippen LogP contribution in [0.1, 0.15) is 6.42 Å². The van der Waals surface area contributed by atoms with Gasteiger partial charge in [0, 0.05) is 19.5 Å². The molecule has 1 atom stereocenters. The van der Waals surface area contributed by atoms with Crippen molar-refractivity contribution in [2.24, 2.45) is 0 Å². The standard InChI is InChI=1S/C7H13NO5S/c1-14(11,12)13-7(6-10)5-8-3-2-4-9/h4,6-8H,2-3,5H2,1H3. The van der Waals surface area contributed by atoms with E-state index in [-0.39, 0.29) is 6.54 Å². The van der Waals surface area contributed by atoms with Crippen LogP contribution in [0.5, 0.6) is 0 Å². The second kappa shape index (κ2) is 6.63. The van der Waals surface area contributed by atoms with E-state index in [9.17, 15) is 18.0 Å². The maximum atomic E-state index is 10.6. The van der Waals surface area contributed by atoms with Gasteiger partial charge in [-0.1, -0.05) is 0 Å². The summed E-state index contributed by atoms with van der Waals surface area (Å²) in [5.74, 6) is 0. The Bertz CT molecular complexity index is 274. The van der Waals surface area contributed by atoms with E-state index in [4.69, 9.17) is 0 Å². The molecular formula is C7H13NO5S. The van der Waals surface area contributed by atoms with Crippen LogP contribution >= 0.6 is 0 Å². The minimum absolute atomic E-state index is 0.0738. The van der Waals surface area contributed by atoms with Gasteiger partial charge < -0.3 is 14.9 Å². The van der Waals surface area contributed by atoms with Crippen molar-refractivity contribution in [2.45, 2.75) is 12.5 Å². The van der Waals surface area contributed by atoms with Gasteiger partial charge in [-0.05, 0) is 0 Å². The number of carbonyl (C=O) groups is 2. The van der Waals surface area contributed by atoms with Crippen LogP contribution in [0.2, 0.25) is 0 Å². The fourth-order valence-corrected chi connectivity index (χ4v) is 1.30. The van der Waals surface area contributed by atoms with Crippen LogP contribution in [-0.4, -0.2) is 46.4 Å². The Balaban J connectivity index is 3.80. The molecular weight excluding hydrogens is 210 g/mol. The molecule has 0 aromatic heterocycles. The second-order valence-corrected chi connectivity index (χ2v) is 4.24. The van der Waals surface area contributed by atoms with E-state index in [1.807, 2.05) is 0 Å². The summed E-state index contributed by atoms with van der Waals surface area (Å²) in [5, 5.41) is 2.71. The van der Waals surface area contributed by atoms with Crippen molar-refractivity contribution in [1.82, 2.24) is 5.32 Å². The van der Waals surface area contributed by atoms with Crippen molar-refractivity contribution >= 4 is 22.7 Å². The molecule has 7 heteroatoms. The highest BCUT2D eigenvalue weighted by molar-refractivity contribution is 7.86. The Morgan fingerprint density at radius 3 is 2.50 bits per heavy atom. The van der Waals surface area contributed by atoms with E-state index in [2.05, 4.69) is 9.50 Å². The van der Waals surface area contributed by atoms with Gasteiger partial charge >= 0.3 is 0 Å². The van der Waals surface area contributed by atoms with Crippen LogP contribution in [0, 0.1) is 0 Å². The highest BCUT2D eigenvalue weighted by Crippen LogP contribution is 1.93. The summed E-state index contributed by atoms with van der Waals surface area (Å²) in [5.41, 5.74) is 0. The lowest BCUT2D eigenvalue weighted by atomic mass is 10.4. The predicted octanol–water partition coefficient (Wildman–Crippen LogP) is -1.29. The lowest BCUT2D eigenvalue weighted by Gasteiger charge is -2.09. The maximum absolute atomic E-state index is 10.6. The Labute approximate surface area is 82.7 Å². The largest absolute Gasteiger partial charge is 0.313 e. The molecule has 0 aromatic carbocycles. The number of aldehydes is 2. The van der Waals surface area contributed by atoms with Gasteiger partial charge in [0.25, 0.3) is 10.1 Å². The van der Waals surface area contributed by atoms with Gasteiger partial charge in [0.05, 0.1) is 6.26 Å². The molecule has 1 N–H and O–H groups in total. The molecule has 0 amide bonds. The molecule has 0 spiro atoms. The third-order valence-corrected chi connectivity index (χ3v) is 1.83. The van der Waals surface area contributed by atoms with Gasteiger partial charge in [-0.25, -0.2) is 0 Å². The minimum atomic E-state index is -3.62. The van der Waals surface area contributed by atoms with Gasteiger partial charge in [0.2, 0.25) is 0 Å². The Hall–Kier alpha value is -0.790. The smallest absolute Gasteiger partial charge is 0.265 e. The van der Waals surface area contributed by atoms with Crippen LogP contribution < -0.4 is 5.32 Å². The first-order valence-corrected chi connectivity index (χ1v) is 5.79. The quantitative estimate of drug-likeness (QED) is 0.313. The molecule has 82 valence electrons.